The number of nitrogens with zero attached hydrogens (tertiary/aromatic N) is 4. The summed E-state index contributed by atoms with van der Waals surface area (Å²) in [5.74, 6) is 3.45. The van der Waals surface area contributed by atoms with Gasteiger partial charge in [0.2, 0.25) is 11.6 Å². The second-order valence-corrected chi connectivity index (χ2v) is 6.83. The molecule has 0 unspecified atom stereocenters. The van der Waals surface area contributed by atoms with E-state index in [0.717, 1.165) is 17.1 Å². The lowest BCUT2D eigenvalue weighted by molar-refractivity contribution is 0.320. The van der Waals surface area contributed by atoms with Crippen LogP contribution < -0.4 is 24.7 Å². The van der Waals surface area contributed by atoms with E-state index in [0.29, 0.717) is 45.9 Å². The lowest BCUT2D eigenvalue weighted by atomic mass is 10.2. The minimum atomic E-state index is 0.356. The summed E-state index contributed by atoms with van der Waals surface area (Å²) >= 11 is 0. The summed E-state index contributed by atoms with van der Waals surface area (Å²) in [6.45, 7) is 3.76. The Morgan fingerprint density at radius 2 is 1.52 bits per heavy atom. The van der Waals surface area contributed by atoms with Crippen molar-refractivity contribution in [2.75, 3.05) is 27.1 Å². The number of rotatable bonds is 6. The van der Waals surface area contributed by atoms with Gasteiger partial charge in [0.1, 0.15) is 11.6 Å². The highest BCUT2D eigenvalue weighted by Crippen LogP contribution is 2.42. The topological polar surface area (TPSA) is 106 Å². The van der Waals surface area contributed by atoms with Crippen LogP contribution in [0.2, 0.25) is 0 Å². The first-order chi connectivity index (χ1) is 14.9. The van der Waals surface area contributed by atoms with Gasteiger partial charge in [-0.2, -0.15) is 4.98 Å². The molecule has 0 fully saturated rings. The van der Waals surface area contributed by atoms with E-state index in [2.05, 4.69) is 15.1 Å². The number of nitrogens with two attached hydrogens (primary N) is 1. The fraction of sp³-hybridized carbons (Fsp3) is 0.227. The van der Waals surface area contributed by atoms with Crippen molar-refractivity contribution in [2.45, 2.75) is 13.8 Å². The third-order valence-electron chi connectivity index (χ3n) is 4.82. The third-order valence-corrected chi connectivity index (χ3v) is 4.82. The van der Waals surface area contributed by atoms with Gasteiger partial charge >= 0.3 is 0 Å². The first kappa shape index (κ1) is 20.3. The van der Waals surface area contributed by atoms with E-state index in [1.54, 1.807) is 50.1 Å². The average Bonchev–Trinajstić information content (AvgIpc) is 3.07. The summed E-state index contributed by atoms with van der Waals surface area (Å²) in [6, 6.07) is 10.7. The number of aromatic nitrogens is 4. The SMILES string of the molecule is COc1cc(Oc2nc(-c3ccc(N)cc3)nn3c(C)nc(C)c23)cc(OC)c1OC. The van der Waals surface area contributed by atoms with Crippen molar-refractivity contribution >= 4 is 11.2 Å². The Morgan fingerprint density at radius 3 is 2.10 bits per heavy atom. The molecule has 31 heavy (non-hydrogen) atoms. The Labute approximate surface area is 179 Å². The molecule has 0 saturated heterocycles. The van der Waals surface area contributed by atoms with Crippen LogP contribution in [0.1, 0.15) is 11.5 Å². The highest BCUT2D eigenvalue weighted by Gasteiger charge is 2.20. The smallest absolute Gasteiger partial charge is 0.249 e. The monoisotopic (exact) mass is 421 g/mol. The van der Waals surface area contributed by atoms with Crippen molar-refractivity contribution in [1.82, 2.24) is 19.6 Å². The summed E-state index contributed by atoms with van der Waals surface area (Å²) in [5.41, 5.74) is 8.71. The van der Waals surface area contributed by atoms with Crippen molar-refractivity contribution in [1.29, 1.82) is 0 Å². The quantitative estimate of drug-likeness (QED) is 0.469. The average molecular weight is 421 g/mol. The number of anilines is 1. The van der Waals surface area contributed by atoms with Gasteiger partial charge in [0.05, 0.1) is 27.0 Å². The number of benzene rings is 2. The number of hydrogen-bond acceptors (Lipinski definition) is 8. The highest BCUT2D eigenvalue weighted by molar-refractivity contribution is 5.66. The number of fused-ring (bicyclic) bond motifs is 1. The fourth-order valence-electron chi connectivity index (χ4n) is 3.35. The lowest BCUT2D eigenvalue weighted by Gasteiger charge is -2.15. The van der Waals surface area contributed by atoms with Crippen LogP contribution in [0.25, 0.3) is 16.9 Å². The lowest BCUT2D eigenvalue weighted by Crippen LogP contribution is -2.03. The number of nitrogen functional groups attached to an aromatic ring is 1. The first-order valence-electron chi connectivity index (χ1n) is 9.53. The summed E-state index contributed by atoms with van der Waals surface area (Å²) in [5, 5.41) is 4.65. The van der Waals surface area contributed by atoms with Crippen molar-refractivity contribution in [3.8, 4) is 40.3 Å². The fourth-order valence-corrected chi connectivity index (χ4v) is 3.35. The van der Waals surface area contributed by atoms with E-state index in [4.69, 9.17) is 24.7 Å². The Hall–Kier alpha value is -4.01. The van der Waals surface area contributed by atoms with E-state index >= 15 is 0 Å². The minimum absolute atomic E-state index is 0.356. The molecule has 160 valence electrons. The number of hydrogen-bond donors (Lipinski definition) is 1. The van der Waals surface area contributed by atoms with Crippen LogP contribution >= 0.6 is 0 Å². The molecule has 2 aromatic carbocycles. The van der Waals surface area contributed by atoms with Gasteiger partial charge in [0.25, 0.3) is 0 Å². The molecule has 4 aromatic rings. The molecule has 0 radical (unpaired) electrons. The van der Waals surface area contributed by atoms with Gasteiger partial charge in [-0.3, -0.25) is 0 Å². The first-order valence-corrected chi connectivity index (χ1v) is 9.53. The second kappa shape index (κ2) is 8.02. The molecule has 0 spiro atoms. The maximum atomic E-state index is 6.20. The molecule has 0 atom stereocenters. The zero-order valence-electron chi connectivity index (χ0n) is 18.0. The summed E-state index contributed by atoms with van der Waals surface area (Å²) < 4.78 is 24.2. The van der Waals surface area contributed by atoms with Crippen molar-refractivity contribution < 1.29 is 18.9 Å². The Bertz CT molecular complexity index is 1230. The summed E-state index contributed by atoms with van der Waals surface area (Å²) in [7, 11) is 4.65. The largest absolute Gasteiger partial charge is 0.493 e. The van der Waals surface area contributed by atoms with Gasteiger partial charge in [-0.15, -0.1) is 5.10 Å². The van der Waals surface area contributed by atoms with Crippen LogP contribution in [0.5, 0.6) is 28.9 Å². The van der Waals surface area contributed by atoms with Crippen LogP contribution in [0.4, 0.5) is 5.69 Å². The predicted octanol–water partition coefficient (Wildman–Crippen LogP) is 3.81. The van der Waals surface area contributed by atoms with Gasteiger partial charge in [0.15, 0.2) is 22.8 Å². The van der Waals surface area contributed by atoms with Gasteiger partial charge in [-0.1, -0.05) is 0 Å². The van der Waals surface area contributed by atoms with Crippen LogP contribution in [-0.2, 0) is 0 Å². The maximum Gasteiger partial charge on any atom is 0.249 e. The summed E-state index contributed by atoms with van der Waals surface area (Å²) in [6.07, 6.45) is 0. The van der Waals surface area contributed by atoms with Crippen molar-refractivity contribution in [3.63, 3.8) is 0 Å². The molecule has 4 rings (SSSR count). The molecule has 2 heterocycles. The van der Waals surface area contributed by atoms with Gasteiger partial charge in [-0.05, 0) is 38.1 Å². The standard InChI is InChI=1S/C22H23N5O4/c1-12-19-22(31-16-10-17(28-3)20(30-5)18(11-16)29-4)25-21(26-27(19)13(2)24-12)14-6-8-15(23)9-7-14/h6-11H,23H2,1-5H3. The van der Waals surface area contributed by atoms with Gasteiger partial charge in [0, 0.05) is 23.4 Å². The van der Waals surface area contributed by atoms with Crippen LogP contribution in [0.15, 0.2) is 36.4 Å². The molecular formula is C22H23N5O4. The van der Waals surface area contributed by atoms with Crippen molar-refractivity contribution in [3.05, 3.63) is 47.9 Å². The van der Waals surface area contributed by atoms with E-state index in [9.17, 15) is 0 Å². The van der Waals surface area contributed by atoms with Crippen LogP contribution in [-0.4, -0.2) is 40.9 Å². The zero-order valence-corrected chi connectivity index (χ0v) is 18.0. The number of imidazole rings is 1. The summed E-state index contributed by atoms with van der Waals surface area (Å²) in [4.78, 5) is 9.20. The molecule has 0 aliphatic carbocycles. The molecular weight excluding hydrogens is 398 g/mol. The van der Waals surface area contributed by atoms with Gasteiger partial charge < -0.3 is 24.7 Å². The van der Waals surface area contributed by atoms with Crippen molar-refractivity contribution in [2.24, 2.45) is 0 Å². The highest BCUT2D eigenvalue weighted by atomic mass is 16.5. The number of aryl methyl sites for hydroxylation is 2. The van der Waals surface area contributed by atoms with E-state index in [1.165, 1.54) is 0 Å². The number of methoxy groups -OCH3 is 3. The number of ether oxygens (including phenoxy) is 4. The molecule has 9 nitrogen and oxygen atoms in total. The molecule has 0 aliphatic rings. The molecule has 9 heteroatoms. The third kappa shape index (κ3) is 3.65. The molecule has 0 bridgehead atoms. The minimum Gasteiger partial charge on any atom is -0.493 e. The zero-order chi connectivity index (χ0) is 22.1. The van der Waals surface area contributed by atoms with Crippen LogP contribution in [0.3, 0.4) is 0 Å². The molecule has 0 amide bonds. The molecule has 2 N–H and O–H groups in total. The predicted molar refractivity (Wildman–Crippen MR) is 116 cm³/mol. The van der Waals surface area contributed by atoms with Gasteiger partial charge in [-0.25, -0.2) is 9.50 Å². The van der Waals surface area contributed by atoms with E-state index in [-0.39, 0.29) is 0 Å². The molecule has 0 saturated carbocycles. The van der Waals surface area contributed by atoms with E-state index in [1.807, 2.05) is 26.0 Å². The molecule has 2 aromatic heterocycles. The van der Waals surface area contributed by atoms with Crippen LogP contribution in [0, 0.1) is 13.8 Å². The van der Waals surface area contributed by atoms with E-state index < -0.39 is 0 Å². The Kier molecular flexibility index (Phi) is 5.24. The normalized spacial score (nSPS) is 10.9. The Morgan fingerprint density at radius 1 is 0.871 bits per heavy atom. The Balaban J connectivity index is 1.88. The molecule has 0 aliphatic heterocycles. The maximum absolute atomic E-state index is 6.20. The second-order valence-electron chi connectivity index (χ2n) is 6.83.